The van der Waals surface area contributed by atoms with Crippen LogP contribution in [-0.4, -0.2) is 4.98 Å². The quantitative estimate of drug-likeness (QED) is 0.237. The van der Waals surface area contributed by atoms with Crippen LogP contribution in [0.5, 0.6) is 0 Å². The third kappa shape index (κ3) is 1.38. The van der Waals surface area contributed by atoms with Gasteiger partial charge in [0, 0.05) is 16.2 Å². The zero-order valence-corrected chi connectivity index (χ0v) is 13.0. The average molecular weight is 303 g/mol. The SMILES string of the molecule is c1ccc2c(c1)nc1cccc3c4cccc5cccc(c54)c2c13. The van der Waals surface area contributed by atoms with E-state index in [-0.39, 0.29) is 0 Å². The van der Waals surface area contributed by atoms with Crippen LogP contribution in [0.15, 0.2) is 78.9 Å². The number of nitrogens with zero attached hydrogens (tertiary/aromatic N) is 1. The minimum atomic E-state index is 1.06. The van der Waals surface area contributed by atoms with Gasteiger partial charge in [-0.05, 0) is 39.1 Å². The lowest BCUT2D eigenvalue weighted by Crippen LogP contribution is -1.90. The Hall–Kier alpha value is -3.19. The van der Waals surface area contributed by atoms with Crippen molar-refractivity contribution in [1.29, 1.82) is 0 Å². The number of benzene rings is 5. The van der Waals surface area contributed by atoms with Crippen LogP contribution in [0.2, 0.25) is 0 Å². The van der Waals surface area contributed by atoms with E-state index in [0.29, 0.717) is 0 Å². The van der Waals surface area contributed by atoms with E-state index < -0.39 is 0 Å². The van der Waals surface area contributed by atoms with Crippen LogP contribution in [0.4, 0.5) is 0 Å². The van der Waals surface area contributed by atoms with Crippen LogP contribution < -0.4 is 0 Å². The summed E-state index contributed by atoms with van der Waals surface area (Å²) in [5.41, 5.74) is 2.14. The van der Waals surface area contributed by atoms with Gasteiger partial charge in [-0.25, -0.2) is 4.98 Å². The molecule has 0 unspecified atom stereocenters. The third-order valence-corrected chi connectivity index (χ3v) is 5.17. The predicted molar refractivity (Wildman–Crippen MR) is 103 cm³/mol. The van der Waals surface area contributed by atoms with Crippen molar-refractivity contribution in [2.45, 2.75) is 0 Å². The first kappa shape index (κ1) is 12.3. The number of fused-ring (bicyclic) bond motifs is 4. The number of hydrogen-bond donors (Lipinski definition) is 0. The molecular formula is C23H13N. The van der Waals surface area contributed by atoms with Crippen LogP contribution in [0.25, 0.3) is 54.1 Å². The van der Waals surface area contributed by atoms with Crippen LogP contribution >= 0.6 is 0 Å². The van der Waals surface area contributed by atoms with Crippen molar-refractivity contribution in [3.8, 4) is 0 Å². The number of aromatic nitrogens is 1. The Bertz CT molecular complexity index is 1390. The maximum Gasteiger partial charge on any atom is 0.0722 e. The summed E-state index contributed by atoms with van der Waals surface area (Å²) in [5, 5.41) is 10.4. The Kier molecular flexibility index (Phi) is 2.15. The molecule has 24 heavy (non-hydrogen) atoms. The molecule has 0 radical (unpaired) electrons. The van der Waals surface area contributed by atoms with Crippen LogP contribution in [0.3, 0.4) is 0 Å². The average Bonchev–Trinajstić information content (AvgIpc) is 2.64. The maximum absolute atomic E-state index is 4.92. The van der Waals surface area contributed by atoms with E-state index in [4.69, 9.17) is 4.98 Å². The molecule has 1 heterocycles. The third-order valence-electron chi connectivity index (χ3n) is 5.17. The highest BCUT2D eigenvalue weighted by Crippen LogP contribution is 2.42. The molecule has 0 aliphatic carbocycles. The van der Waals surface area contributed by atoms with Crippen LogP contribution in [0, 0.1) is 0 Å². The van der Waals surface area contributed by atoms with Gasteiger partial charge in [-0.1, -0.05) is 66.7 Å². The van der Waals surface area contributed by atoms with Crippen molar-refractivity contribution < 1.29 is 0 Å². The van der Waals surface area contributed by atoms with Gasteiger partial charge in [0.15, 0.2) is 0 Å². The zero-order valence-electron chi connectivity index (χ0n) is 13.0. The molecule has 5 aromatic carbocycles. The lowest BCUT2D eigenvalue weighted by Gasteiger charge is -2.15. The second kappa shape index (κ2) is 4.21. The normalized spacial score (nSPS) is 12.2. The number of para-hydroxylation sites is 1. The van der Waals surface area contributed by atoms with Crippen molar-refractivity contribution in [2.75, 3.05) is 0 Å². The molecule has 6 aromatic rings. The predicted octanol–water partition coefficient (Wildman–Crippen LogP) is 6.29. The number of rotatable bonds is 0. The van der Waals surface area contributed by atoms with E-state index in [1.54, 1.807) is 0 Å². The zero-order chi connectivity index (χ0) is 15.7. The molecule has 0 bridgehead atoms. The monoisotopic (exact) mass is 303 g/mol. The highest BCUT2D eigenvalue weighted by molar-refractivity contribution is 6.36. The summed E-state index contributed by atoms with van der Waals surface area (Å²) in [6, 6.07) is 28.2. The largest absolute Gasteiger partial charge is 0.248 e. The van der Waals surface area contributed by atoms with E-state index >= 15 is 0 Å². The van der Waals surface area contributed by atoms with E-state index in [0.717, 1.165) is 11.0 Å². The van der Waals surface area contributed by atoms with Gasteiger partial charge in [-0.3, -0.25) is 0 Å². The van der Waals surface area contributed by atoms with Crippen molar-refractivity contribution in [3.63, 3.8) is 0 Å². The second-order valence-corrected chi connectivity index (χ2v) is 6.41. The van der Waals surface area contributed by atoms with Crippen molar-refractivity contribution in [1.82, 2.24) is 4.98 Å². The van der Waals surface area contributed by atoms with E-state index in [2.05, 4.69) is 78.9 Å². The first-order valence-electron chi connectivity index (χ1n) is 8.26. The summed E-state index contributed by atoms with van der Waals surface area (Å²) in [5.74, 6) is 0. The molecule has 0 N–H and O–H groups in total. The molecule has 0 aliphatic rings. The summed E-state index contributed by atoms with van der Waals surface area (Å²) in [6.45, 7) is 0. The van der Waals surface area contributed by atoms with Gasteiger partial charge in [0.05, 0.1) is 11.0 Å². The summed E-state index contributed by atoms with van der Waals surface area (Å²) < 4.78 is 0. The molecule has 0 aliphatic heterocycles. The molecule has 0 saturated carbocycles. The highest BCUT2D eigenvalue weighted by Gasteiger charge is 2.15. The molecule has 1 heteroatoms. The Labute approximate surface area is 138 Å². The molecule has 0 saturated heterocycles. The number of pyridine rings is 1. The lowest BCUT2D eigenvalue weighted by molar-refractivity contribution is 1.51. The van der Waals surface area contributed by atoms with E-state index in [9.17, 15) is 0 Å². The van der Waals surface area contributed by atoms with Gasteiger partial charge in [-0.15, -0.1) is 0 Å². The van der Waals surface area contributed by atoms with E-state index in [1.165, 1.54) is 43.1 Å². The molecule has 110 valence electrons. The lowest BCUT2D eigenvalue weighted by atomic mass is 9.89. The minimum Gasteiger partial charge on any atom is -0.248 e. The smallest absolute Gasteiger partial charge is 0.0722 e. The fraction of sp³-hybridized carbons (Fsp3) is 0. The fourth-order valence-electron chi connectivity index (χ4n) is 4.22. The summed E-state index contributed by atoms with van der Waals surface area (Å²) in [6.07, 6.45) is 0. The number of hydrogen-bond acceptors (Lipinski definition) is 1. The first-order valence-corrected chi connectivity index (χ1v) is 8.26. The van der Waals surface area contributed by atoms with Gasteiger partial charge in [0.2, 0.25) is 0 Å². The fourth-order valence-corrected chi connectivity index (χ4v) is 4.22. The second-order valence-electron chi connectivity index (χ2n) is 6.41. The molecule has 0 spiro atoms. The van der Waals surface area contributed by atoms with Gasteiger partial charge in [0.25, 0.3) is 0 Å². The molecule has 1 nitrogen and oxygen atoms in total. The Morgan fingerprint density at radius 1 is 0.417 bits per heavy atom. The van der Waals surface area contributed by atoms with Crippen molar-refractivity contribution in [3.05, 3.63) is 78.9 Å². The van der Waals surface area contributed by atoms with Crippen LogP contribution in [-0.2, 0) is 0 Å². The molecule has 1 aromatic heterocycles. The highest BCUT2D eigenvalue weighted by atomic mass is 14.7. The van der Waals surface area contributed by atoms with Gasteiger partial charge in [0.1, 0.15) is 0 Å². The Morgan fingerprint density at radius 2 is 1.04 bits per heavy atom. The van der Waals surface area contributed by atoms with Gasteiger partial charge < -0.3 is 0 Å². The summed E-state index contributed by atoms with van der Waals surface area (Å²) in [7, 11) is 0. The Morgan fingerprint density at radius 3 is 1.92 bits per heavy atom. The maximum atomic E-state index is 4.92. The first-order chi connectivity index (χ1) is 11.9. The molecule has 0 atom stereocenters. The molecule has 0 amide bonds. The molecule has 0 fully saturated rings. The topological polar surface area (TPSA) is 12.9 Å². The van der Waals surface area contributed by atoms with Crippen molar-refractivity contribution in [2.24, 2.45) is 0 Å². The van der Waals surface area contributed by atoms with Crippen molar-refractivity contribution >= 4 is 54.1 Å². The summed E-state index contributed by atoms with van der Waals surface area (Å²) >= 11 is 0. The van der Waals surface area contributed by atoms with Crippen LogP contribution in [0.1, 0.15) is 0 Å². The Balaban J connectivity index is 2.14. The standard InChI is InChI=1S/C23H13N/c1-2-12-19-17(8-1)22-18-11-4-7-14-6-3-9-15(21(14)18)16-10-5-13-20(24-19)23(16)22/h1-13H. The summed E-state index contributed by atoms with van der Waals surface area (Å²) in [4.78, 5) is 4.92. The van der Waals surface area contributed by atoms with Gasteiger partial charge >= 0.3 is 0 Å². The molecular weight excluding hydrogens is 290 g/mol. The molecule has 6 rings (SSSR count). The van der Waals surface area contributed by atoms with E-state index in [1.807, 2.05) is 0 Å². The van der Waals surface area contributed by atoms with Gasteiger partial charge in [-0.2, -0.15) is 0 Å². The minimum absolute atomic E-state index is 1.06.